The molecule has 29 heavy (non-hydrogen) atoms. The van der Waals surface area contributed by atoms with Gasteiger partial charge >= 0.3 is 0 Å². The Balaban J connectivity index is 1.36. The molecular formula is C26H32N2O. The number of carbonyl (C=O) groups excluding carboxylic acids is 1. The van der Waals surface area contributed by atoms with Gasteiger partial charge in [-0.3, -0.25) is 4.79 Å². The average molecular weight is 389 g/mol. The van der Waals surface area contributed by atoms with E-state index in [1.54, 1.807) is 0 Å². The van der Waals surface area contributed by atoms with Gasteiger partial charge in [-0.1, -0.05) is 57.2 Å². The number of carbonyl (C=O) groups is 1. The molecule has 0 aliphatic heterocycles. The number of hydrogen-bond acceptors (Lipinski definition) is 2. The molecule has 0 spiro atoms. The summed E-state index contributed by atoms with van der Waals surface area (Å²) in [5.74, 6) is 0.394. The highest BCUT2D eigenvalue weighted by Crippen LogP contribution is 2.47. The number of amides is 1. The van der Waals surface area contributed by atoms with Crippen LogP contribution in [0.5, 0.6) is 0 Å². The lowest BCUT2D eigenvalue weighted by atomic mass is 9.86. The summed E-state index contributed by atoms with van der Waals surface area (Å²) in [6, 6.07) is 15.4. The highest BCUT2D eigenvalue weighted by Gasteiger charge is 2.44. The maximum atomic E-state index is 12.6. The van der Waals surface area contributed by atoms with Crippen LogP contribution >= 0.6 is 0 Å². The Morgan fingerprint density at radius 1 is 1.00 bits per heavy atom. The van der Waals surface area contributed by atoms with Crippen molar-refractivity contribution in [2.75, 3.05) is 0 Å². The molecule has 1 N–H and O–H groups in total. The zero-order valence-corrected chi connectivity index (χ0v) is 18.1. The van der Waals surface area contributed by atoms with Gasteiger partial charge in [0.25, 0.3) is 0 Å². The normalized spacial score (nSPS) is 21.4. The number of nitrogens with one attached hydrogen (secondary N) is 1. The Bertz CT molecular complexity index is 934. The monoisotopic (exact) mass is 388 g/mol. The zero-order chi connectivity index (χ0) is 20.6. The number of benzene rings is 2. The van der Waals surface area contributed by atoms with E-state index in [-0.39, 0.29) is 17.2 Å². The molecule has 0 unspecified atom stereocenters. The van der Waals surface area contributed by atoms with Gasteiger partial charge in [-0.15, -0.1) is 0 Å². The molecule has 2 aliphatic rings. The van der Waals surface area contributed by atoms with Gasteiger partial charge in [0.15, 0.2) is 0 Å². The molecule has 152 valence electrons. The van der Waals surface area contributed by atoms with E-state index in [9.17, 15) is 4.79 Å². The first-order chi connectivity index (χ1) is 13.8. The fourth-order valence-corrected chi connectivity index (χ4v) is 4.33. The molecule has 1 amide bonds. The van der Waals surface area contributed by atoms with Gasteiger partial charge in [0.1, 0.15) is 0 Å². The van der Waals surface area contributed by atoms with Gasteiger partial charge in [-0.25, -0.2) is 5.43 Å². The van der Waals surface area contributed by atoms with Crippen LogP contribution in [0, 0.1) is 5.92 Å². The average Bonchev–Trinajstić information content (AvgIpc) is 3.52. The molecule has 0 radical (unpaired) electrons. The van der Waals surface area contributed by atoms with Gasteiger partial charge in [0.2, 0.25) is 5.91 Å². The molecule has 0 aromatic heterocycles. The third-order valence-corrected chi connectivity index (χ3v) is 6.43. The number of rotatable bonds is 4. The van der Waals surface area contributed by atoms with Gasteiger partial charge in [0, 0.05) is 5.92 Å². The van der Waals surface area contributed by atoms with Gasteiger partial charge in [-0.05, 0) is 84.2 Å². The van der Waals surface area contributed by atoms with E-state index >= 15 is 0 Å². The molecule has 3 nitrogen and oxygen atoms in total. The van der Waals surface area contributed by atoms with E-state index in [0.717, 1.165) is 24.1 Å². The van der Waals surface area contributed by atoms with Crippen molar-refractivity contribution >= 4 is 11.6 Å². The maximum absolute atomic E-state index is 12.6. The molecular weight excluding hydrogens is 356 g/mol. The van der Waals surface area contributed by atoms with E-state index in [4.69, 9.17) is 0 Å². The van der Waals surface area contributed by atoms with Crippen LogP contribution in [0.1, 0.15) is 80.7 Å². The van der Waals surface area contributed by atoms with Crippen LogP contribution in [-0.2, 0) is 23.1 Å². The second-order valence-electron chi connectivity index (χ2n) is 9.68. The van der Waals surface area contributed by atoms with E-state index < -0.39 is 0 Å². The van der Waals surface area contributed by atoms with Gasteiger partial charge < -0.3 is 0 Å². The first kappa shape index (κ1) is 19.9. The highest BCUT2D eigenvalue weighted by molar-refractivity contribution is 5.99. The van der Waals surface area contributed by atoms with Crippen molar-refractivity contribution < 1.29 is 4.79 Å². The minimum absolute atomic E-state index is 0.0345. The third kappa shape index (κ3) is 4.44. The molecule has 1 saturated carbocycles. The van der Waals surface area contributed by atoms with Crippen molar-refractivity contribution in [1.82, 2.24) is 5.43 Å². The lowest BCUT2D eigenvalue weighted by Crippen LogP contribution is -2.21. The number of hydrazone groups is 1. The first-order valence-electron chi connectivity index (χ1n) is 10.9. The number of hydrogen-bond donors (Lipinski definition) is 1. The first-order valence-corrected chi connectivity index (χ1v) is 10.9. The molecule has 2 aromatic carbocycles. The Morgan fingerprint density at radius 2 is 1.69 bits per heavy atom. The summed E-state index contributed by atoms with van der Waals surface area (Å²) in [6.07, 6.45) is 5.80. The lowest BCUT2D eigenvalue weighted by molar-refractivity contribution is -0.122. The number of fused-ring (bicyclic) bond motifs is 1. The van der Waals surface area contributed by atoms with Crippen molar-refractivity contribution in [3.8, 4) is 0 Å². The molecule has 2 atom stereocenters. The second-order valence-corrected chi connectivity index (χ2v) is 9.68. The van der Waals surface area contributed by atoms with E-state index in [2.05, 4.69) is 73.8 Å². The van der Waals surface area contributed by atoms with Crippen molar-refractivity contribution in [2.24, 2.45) is 11.0 Å². The Hall–Kier alpha value is -2.42. The predicted octanol–water partition coefficient (Wildman–Crippen LogP) is 5.51. The van der Waals surface area contributed by atoms with Crippen LogP contribution in [-0.4, -0.2) is 11.6 Å². The Kier molecular flexibility index (Phi) is 5.33. The quantitative estimate of drug-likeness (QED) is 0.545. The molecule has 3 heteroatoms. The fraction of sp³-hybridized carbons (Fsp3) is 0.462. The predicted molar refractivity (Wildman–Crippen MR) is 119 cm³/mol. The maximum Gasteiger partial charge on any atom is 0.243 e. The van der Waals surface area contributed by atoms with Crippen molar-refractivity contribution in [2.45, 2.75) is 71.1 Å². The summed E-state index contributed by atoms with van der Waals surface area (Å²) in [6.45, 7) is 8.63. The van der Waals surface area contributed by atoms with Crippen LogP contribution in [0.15, 0.2) is 47.6 Å². The largest absolute Gasteiger partial charge is 0.273 e. The summed E-state index contributed by atoms with van der Waals surface area (Å²) in [4.78, 5) is 12.6. The van der Waals surface area contributed by atoms with Gasteiger partial charge in [-0.2, -0.15) is 5.10 Å². The van der Waals surface area contributed by atoms with Gasteiger partial charge in [0.05, 0.1) is 5.71 Å². The lowest BCUT2D eigenvalue weighted by Gasteiger charge is -2.19. The second kappa shape index (κ2) is 7.78. The summed E-state index contributed by atoms with van der Waals surface area (Å²) in [5.41, 5.74) is 10.4. The van der Waals surface area contributed by atoms with E-state index in [0.29, 0.717) is 5.92 Å². The smallest absolute Gasteiger partial charge is 0.243 e. The number of aryl methyl sites for hydroxylation is 2. The molecule has 1 fully saturated rings. The van der Waals surface area contributed by atoms with E-state index in [1.807, 2.05) is 6.92 Å². The van der Waals surface area contributed by atoms with Crippen molar-refractivity contribution in [3.63, 3.8) is 0 Å². The van der Waals surface area contributed by atoms with Crippen molar-refractivity contribution in [1.29, 1.82) is 0 Å². The third-order valence-electron chi connectivity index (χ3n) is 6.43. The standard InChI is InChI=1S/C26H32N2O/c1-17(20-10-9-18-7-5-6-8-21(18)15-20)27-28-25(29)24-16-23(24)19-11-13-22(14-12-19)26(2,3)4/h9-15,23-24H,5-8,16H2,1-4H3,(H,28,29)/b27-17+/t23-,24-/m0/s1. The minimum Gasteiger partial charge on any atom is -0.273 e. The zero-order valence-electron chi connectivity index (χ0n) is 18.1. The topological polar surface area (TPSA) is 41.5 Å². The van der Waals surface area contributed by atoms with E-state index in [1.165, 1.54) is 41.5 Å². The summed E-state index contributed by atoms with van der Waals surface area (Å²) >= 11 is 0. The highest BCUT2D eigenvalue weighted by atomic mass is 16.2. The van der Waals surface area contributed by atoms with Crippen LogP contribution in [0.2, 0.25) is 0 Å². The Labute approximate surface area is 174 Å². The molecule has 0 heterocycles. The minimum atomic E-state index is 0.0345. The van der Waals surface area contributed by atoms with Crippen LogP contribution < -0.4 is 5.43 Å². The number of nitrogens with zero attached hydrogens (tertiary/aromatic N) is 1. The summed E-state index contributed by atoms with van der Waals surface area (Å²) in [7, 11) is 0. The van der Waals surface area contributed by atoms with Crippen LogP contribution in [0.4, 0.5) is 0 Å². The van der Waals surface area contributed by atoms with Crippen LogP contribution in [0.3, 0.4) is 0 Å². The van der Waals surface area contributed by atoms with Crippen LogP contribution in [0.25, 0.3) is 0 Å². The molecule has 0 saturated heterocycles. The fourth-order valence-electron chi connectivity index (χ4n) is 4.33. The molecule has 2 aromatic rings. The summed E-state index contributed by atoms with van der Waals surface area (Å²) in [5, 5.41) is 4.40. The SMILES string of the molecule is C/C(=N\NC(=O)[C@H]1C[C@H]1c1ccc(C(C)(C)C)cc1)c1ccc2c(c1)CCCC2. The molecule has 0 bridgehead atoms. The Morgan fingerprint density at radius 3 is 2.38 bits per heavy atom. The molecule has 2 aliphatic carbocycles. The summed E-state index contributed by atoms with van der Waals surface area (Å²) < 4.78 is 0. The molecule has 4 rings (SSSR count). The van der Waals surface area contributed by atoms with Crippen molar-refractivity contribution in [3.05, 3.63) is 70.3 Å².